The van der Waals surface area contributed by atoms with E-state index in [4.69, 9.17) is 4.74 Å². The Balaban J connectivity index is 2.02. The first-order chi connectivity index (χ1) is 8.12. The Bertz CT molecular complexity index is 271. The predicted octanol–water partition coefficient (Wildman–Crippen LogP) is 3.23. The highest BCUT2D eigenvalue weighted by Gasteiger charge is 2.43. The molecule has 0 bridgehead atoms. The second-order valence-corrected chi connectivity index (χ2v) is 5.98. The lowest BCUT2D eigenvalue weighted by molar-refractivity contribution is -0.156. The Morgan fingerprint density at radius 1 is 1.35 bits per heavy atom. The van der Waals surface area contributed by atoms with Crippen molar-refractivity contribution in [2.24, 2.45) is 11.3 Å². The van der Waals surface area contributed by atoms with Crippen LogP contribution in [0.5, 0.6) is 0 Å². The van der Waals surface area contributed by atoms with Crippen LogP contribution in [0.15, 0.2) is 0 Å². The van der Waals surface area contributed by atoms with Crippen LogP contribution in [0.2, 0.25) is 0 Å². The normalized spacial score (nSPS) is 38.9. The van der Waals surface area contributed by atoms with Crippen molar-refractivity contribution in [2.75, 3.05) is 6.61 Å². The Kier molecular flexibility index (Phi) is 4.08. The van der Waals surface area contributed by atoms with Crippen LogP contribution >= 0.6 is 0 Å². The molecule has 3 unspecified atom stereocenters. The molecular weight excluding hydrogens is 216 g/mol. The summed E-state index contributed by atoms with van der Waals surface area (Å²) in [6.07, 6.45) is 8.19. The number of ether oxygens (including phenoxy) is 1. The van der Waals surface area contributed by atoms with Gasteiger partial charge < -0.3 is 9.84 Å². The molecule has 1 aliphatic carbocycles. The lowest BCUT2D eigenvalue weighted by Gasteiger charge is -2.39. The average Bonchev–Trinajstić information content (AvgIpc) is 2.30. The molecule has 17 heavy (non-hydrogen) atoms. The Labute approximate surface area is 104 Å². The van der Waals surface area contributed by atoms with Gasteiger partial charge >= 0.3 is 5.97 Å². The zero-order chi connectivity index (χ0) is 12.3. The van der Waals surface area contributed by atoms with Crippen molar-refractivity contribution >= 4 is 5.97 Å². The summed E-state index contributed by atoms with van der Waals surface area (Å²) in [6, 6.07) is 0. The first kappa shape index (κ1) is 12.9. The number of carbonyl (C=O) groups is 1. The molecule has 3 atom stereocenters. The molecule has 1 saturated heterocycles. The van der Waals surface area contributed by atoms with Crippen molar-refractivity contribution in [3.63, 3.8) is 0 Å². The summed E-state index contributed by atoms with van der Waals surface area (Å²) < 4.78 is 5.73. The third kappa shape index (κ3) is 3.01. The van der Waals surface area contributed by atoms with Gasteiger partial charge in [-0.3, -0.25) is 4.79 Å². The molecule has 98 valence electrons. The van der Waals surface area contributed by atoms with Crippen molar-refractivity contribution in [1.82, 2.24) is 0 Å². The third-order valence-electron chi connectivity index (χ3n) is 4.44. The van der Waals surface area contributed by atoms with Gasteiger partial charge in [0, 0.05) is 6.61 Å². The van der Waals surface area contributed by atoms with E-state index in [2.05, 4.69) is 6.92 Å². The molecule has 0 spiro atoms. The number of rotatable bonds is 3. The second-order valence-electron chi connectivity index (χ2n) is 5.98. The number of carboxylic acids is 1. The molecule has 2 rings (SSSR count). The highest BCUT2D eigenvalue weighted by molar-refractivity contribution is 5.74. The van der Waals surface area contributed by atoms with Crippen molar-refractivity contribution in [1.29, 1.82) is 0 Å². The summed E-state index contributed by atoms with van der Waals surface area (Å²) in [5.74, 6) is -0.0540. The summed E-state index contributed by atoms with van der Waals surface area (Å²) in [6.45, 7) is 2.99. The van der Waals surface area contributed by atoms with E-state index < -0.39 is 11.4 Å². The molecule has 0 aromatic rings. The van der Waals surface area contributed by atoms with Gasteiger partial charge in [-0.1, -0.05) is 19.8 Å². The molecule has 3 nitrogen and oxygen atoms in total. The molecule has 1 heterocycles. The molecule has 2 aliphatic rings. The monoisotopic (exact) mass is 240 g/mol. The first-order valence-corrected chi connectivity index (χ1v) is 6.97. The number of hydrogen-bond donors (Lipinski definition) is 1. The van der Waals surface area contributed by atoms with E-state index in [1.807, 2.05) is 0 Å². The first-order valence-electron chi connectivity index (χ1n) is 6.97. The maximum Gasteiger partial charge on any atom is 0.309 e. The quantitative estimate of drug-likeness (QED) is 0.823. The maximum atomic E-state index is 11.6. The van der Waals surface area contributed by atoms with E-state index in [9.17, 15) is 9.90 Å². The van der Waals surface area contributed by atoms with Gasteiger partial charge in [0.05, 0.1) is 11.5 Å². The summed E-state index contributed by atoms with van der Waals surface area (Å²) in [5, 5.41) is 9.58. The van der Waals surface area contributed by atoms with Crippen molar-refractivity contribution in [2.45, 2.75) is 64.4 Å². The molecule has 0 radical (unpaired) electrons. The molecule has 0 aromatic carbocycles. The number of aliphatic carboxylic acids is 1. The highest BCUT2D eigenvalue weighted by atomic mass is 16.5. The van der Waals surface area contributed by atoms with Gasteiger partial charge in [-0.25, -0.2) is 0 Å². The topological polar surface area (TPSA) is 46.5 Å². The van der Waals surface area contributed by atoms with Crippen molar-refractivity contribution < 1.29 is 14.6 Å². The van der Waals surface area contributed by atoms with Crippen LogP contribution in [-0.2, 0) is 9.53 Å². The van der Waals surface area contributed by atoms with Crippen LogP contribution in [0, 0.1) is 11.3 Å². The number of carboxylic acid groups (broad SMARTS) is 1. The summed E-state index contributed by atoms with van der Waals surface area (Å²) in [7, 11) is 0. The van der Waals surface area contributed by atoms with E-state index in [1.165, 1.54) is 12.8 Å². The van der Waals surface area contributed by atoms with Gasteiger partial charge in [0.25, 0.3) is 0 Å². The molecule has 2 fully saturated rings. The molecule has 3 heteroatoms. The Morgan fingerprint density at radius 3 is 2.76 bits per heavy atom. The summed E-state index contributed by atoms with van der Waals surface area (Å²) >= 11 is 0. The molecule has 0 amide bonds. The SMILES string of the molecule is CC1CCCC(CC2CCCCO2)(C(=O)O)C1. The van der Waals surface area contributed by atoms with E-state index >= 15 is 0 Å². The zero-order valence-electron chi connectivity index (χ0n) is 10.8. The Morgan fingerprint density at radius 2 is 2.18 bits per heavy atom. The largest absolute Gasteiger partial charge is 0.481 e. The van der Waals surface area contributed by atoms with E-state index in [-0.39, 0.29) is 6.10 Å². The molecular formula is C14H24O3. The van der Waals surface area contributed by atoms with Crippen molar-refractivity contribution in [3.8, 4) is 0 Å². The van der Waals surface area contributed by atoms with Gasteiger partial charge in [0.2, 0.25) is 0 Å². The smallest absolute Gasteiger partial charge is 0.309 e. The van der Waals surface area contributed by atoms with Gasteiger partial charge in [0.15, 0.2) is 0 Å². The fourth-order valence-electron chi connectivity index (χ4n) is 3.53. The van der Waals surface area contributed by atoms with Crippen LogP contribution < -0.4 is 0 Å². The van der Waals surface area contributed by atoms with Crippen LogP contribution in [0.4, 0.5) is 0 Å². The minimum absolute atomic E-state index is 0.185. The van der Waals surface area contributed by atoms with E-state index in [0.717, 1.165) is 45.1 Å². The standard InChI is InChI=1S/C14H24O3/c1-11-5-4-7-14(9-11,13(15)16)10-12-6-2-3-8-17-12/h11-12H,2-10H2,1H3,(H,15,16). The second kappa shape index (κ2) is 5.38. The molecule has 1 N–H and O–H groups in total. The van der Waals surface area contributed by atoms with Crippen LogP contribution in [0.3, 0.4) is 0 Å². The van der Waals surface area contributed by atoms with Crippen LogP contribution in [0.25, 0.3) is 0 Å². The van der Waals surface area contributed by atoms with E-state index in [0.29, 0.717) is 5.92 Å². The minimum atomic E-state index is -0.599. The van der Waals surface area contributed by atoms with Crippen molar-refractivity contribution in [3.05, 3.63) is 0 Å². The van der Waals surface area contributed by atoms with Gasteiger partial charge in [-0.05, 0) is 44.4 Å². The van der Waals surface area contributed by atoms with Crippen LogP contribution in [-0.4, -0.2) is 23.8 Å². The number of hydrogen-bond acceptors (Lipinski definition) is 2. The predicted molar refractivity (Wildman–Crippen MR) is 65.9 cm³/mol. The average molecular weight is 240 g/mol. The molecule has 0 aromatic heterocycles. The Hall–Kier alpha value is -0.570. The van der Waals surface area contributed by atoms with Gasteiger partial charge in [0.1, 0.15) is 0 Å². The lowest BCUT2D eigenvalue weighted by Crippen LogP contribution is -2.40. The van der Waals surface area contributed by atoms with Crippen LogP contribution in [0.1, 0.15) is 58.3 Å². The third-order valence-corrected chi connectivity index (χ3v) is 4.44. The maximum absolute atomic E-state index is 11.6. The van der Waals surface area contributed by atoms with Gasteiger partial charge in [-0.15, -0.1) is 0 Å². The minimum Gasteiger partial charge on any atom is -0.481 e. The van der Waals surface area contributed by atoms with Gasteiger partial charge in [-0.2, -0.15) is 0 Å². The fraction of sp³-hybridized carbons (Fsp3) is 0.929. The highest BCUT2D eigenvalue weighted by Crippen LogP contribution is 2.44. The lowest BCUT2D eigenvalue weighted by atomic mass is 9.67. The van der Waals surface area contributed by atoms with E-state index in [1.54, 1.807) is 0 Å². The fourth-order valence-corrected chi connectivity index (χ4v) is 3.53. The zero-order valence-corrected chi connectivity index (χ0v) is 10.8. The summed E-state index contributed by atoms with van der Waals surface area (Å²) in [5.41, 5.74) is -0.500. The molecule has 1 saturated carbocycles. The summed E-state index contributed by atoms with van der Waals surface area (Å²) in [4.78, 5) is 11.6. The molecule has 1 aliphatic heterocycles.